The number of esters is 2. The molecule has 0 saturated heterocycles. The van der Waals surface area contributed by atoms with Crippen LogP contribution in [0.1, 0.15) is 219 Å². The third-order valence-corrected chi connectivity index (χ3v) is 13.3. The molecule has 14 heteroatoms. The Balaban J connectivity index is 2.43. The molecule has 6 N–H and O–H groups in total. The molecule has 0 aromatic heterocycles. The fourth-order valence-corrected chi connectivity index (χ4v) is 8.95. The fourth-order valence-electron chi connectivity index (χ4n) is 7.98. The summed E-state index contributed by atoms with van der Waals surface area (Å²) in [6, 6.07) is 0. The van der Waals surface area contributed by atoms with Gasteiger partial charge in [-0.15, -0.1) is 0 Å². The Morgan fingerprint density at radius 1 is 0.449 bits per heavy atom. The van der Waals surface area contributed by atoms with Gasteiger partial charge in [-0.25, -0.2) is 4.57 Å². The number of unbranched alkanes of at least 4 members (excludes halogenated alkanes) is 23. The van der Waals surface area contributed by atoms with Crippen molar-refractivity contribution in [3.8, 4) is 0 Å². The van der Waals surface area contributed by atoms with Gasteiger partial charge in [-0.3, -0.25) is 18.6 Å². The Labute approximate surface area is 417 Å². The van der Waals surface area contributed by atoms with E-state index in [9.17, 15) is 44.6 Å². The van der Waals surface area contributed by atoms with E-state index in [1.54, 1.807) is 0 Å². The van der Waals surface area contributed by atoms with Gasteiger partial charge in [-0.2, -0.15) is 0 Å². The van der Waals surface area contributed by atoms with Crippen LogP contribution in [-0.2, 0) is 32.7 Å². The summed E-state index contributed by atoms with van der Waals surface area (Å²) in [6.07, 6.45) is 42.7. The fraction of sp³-hybridized carbons (Fsp3) is 0.782. The van der Waals surface area contributed by atoms with Crippen molar-refractivity contribution in [2.75, 3.05) is 13.2 Å². The van der Waals surface area contributed by atoms with Crippen molar-refractivity contribution in [1.82, 2.24) is 0 Å². The average molecular weight is 997 g/mol. The van der Waals surface area contributed by atoms with Crippen LogP contribution in [0.5, 0.6) is 0 Å². The Hall–Kier alpha value is -2.45. The van der Waals surface area contributed by atoms with Gasteiger partial charge in [0.15, 0.2) is 6.10 Å². The first kappa shape index (κ1) is 64.6. The van der Waals surface area contributed by atoms with Crippen LogP contribution in [0.25, 0.3) is 0 Å². The van der Waals surface area contributed by atoms with Gasteiger partial charge in [-0.05, 0) is 77.0 Å². The van der Waals surface area contributed by atoms with Gasteiger partial charge in [0.1, 0.15) is 43.2 Å². The Morgan fingerprint density at radius 2 is 0.797 bits per heavy atom. The number of carbonyl (C=O) groups is 2. The van der Waals surface area contributed by atoms with Crippen LogP contribution in [0, 0.1) is 0 Å². The highest BCUT2D eigenvalue weighted by Gasteiger charge is 2.51. The molecule has 0 radical (unpaired) electrons. The molecule has 0 aliphatic heterocycles. The number of carbonyl (C=O) groups excluding carboxylic acids is 2. The van der Waals surface area contributed by atoms with Crippen LogP contribution < -0.4 is 0 Å². The minimum absolute atomic E-state index is 0.0193. The quantitative estimate of drug-likeness (QED) is 0.0145. The maximum absolute atomic E-state index is 12.9. The van der Waals surface area contributed by atoms with Crippen molar-refractivity contribution < 1.29 is 63.1 Å². The minimum atomic E-state index is -5.14. The summed E-state index contributed by atoms with van der Waals surface area (Å²) >= 11 is 0. The van der Waals surface area contributed by atoms with Crippen LogP contribution in [0.4, 0.5) is 0 Å². The first-order valence-corrected chi connectivity index (χ1v) is 28.6. The molecule has 0 spiro atoms. The first-order chi connectivity index (χ1) is 33.4. The van der Waals surface area contributed by atoms with E-state index in [1.807, 2.05) is 12.2 Å². The Morgan fingerprint density at radius 3 is 1.25 bits per heavy atom. The van der Waals surface area contributed by atoms with E-state index in [4.69, 9.17) is 18.5 Å². The summed E-state index contributed by atoms with van der Waals surface area (Å²) in [5.41, 5.74) is 0. The van der Waals surface area contributed by atoms with Gasteiger partial charge in [0.05, 0.1) is 6.61 Å². The number of hydrogen-bond donors (Lipinski definition) is 6. The van der Waals surface area contributed by atoms with Gasteiger partial charge in [-0.1, -0.05) is 190 Å². The van der Waals surface area contributed by atoms with Crippen LogP contribution in [0.15, 0.2) is 60.8 Å². The maximum Gasteiger partial charge on any atom is 0.472 e. The molecule has 69 heavy (non-hydrogen) atoms. The van der Waals surface area contributed by atoms with E-state index in [0.29, 0.717) is 19.3 Å². The van der Waals surface area contributed by atoms with E-state index < -0.39 is 75.7 Å². The van der Waals surface area contributed by atoms with Crippen molar-refractivity contribution in [3.05, 3.63) is 60.8 Å². The monoisotopic (exact) mass is 997 g/mol. The summed E-state index contributed by atoms with van der Waals surface area (Å²) in [5.74, 6) is -1.16. The standard InChI is InChI=1S/C55H97O13P/c1-3-5-7-9-11-13-15-17-19-21-23-24-26-28-30-32-34-36-38-40-42-44-49(57)67-47(46-66-69(63,64)68-55-53(61)51(59)50(58)52(60)54(55)62)45-65-48(56)43-41-39-37-35-33-31-29-27-25-22-20-18-16-14-12-10-8-6-4-2/h18-21,24,26,30,32,36,38,47,50-55,58-62H,3-17,22-23,25,27-29,31,33-35,37,39-46H2,1-2H3,(H,63,64)/b20-18+,21-19+,26-24+,32-30+,38-36+/t47-,50?,51-,52?,53?,54?,55?/m1/s1. The van der Waals surface area contributed by atoms with Crippen molar-refractivity contribution >= 4 is 19.8 Å². The summed E-state index contributed by atoms with van der Waals surface area (Å²) in [5, 5.41) is 50.3. The third-order valence-electron chi connectivity index (χ3n) is 12.3. The highest BCUT2D eigenvalue weighted by atomic mass is 31.2. The normalized spacial score (nSPS) is 21.3. The predicted molar refractivity (Wildman–Crippen MR) is 276 cm³/mol. The number of rotatable bonds is 45. The molecule has 1 saturated carbocycles. The molecule has 13 nitrogen and oxygen atoms in total. The van der Waals surface area contributed by atoms with Crippen molar-refractivity contribution in [3.63, 3.8) is 0 Å². The van der Waals surface area contributed by atoms with E-state index in [2.05, 4.69) is 62.5 Å². The number of aliphatic hydroxyl groups excluding tert-OH is 5. The molecule has 1 aliphatic carbocycles. The lowest BCUT2D eigenvalue weighted by Gasteiger charge is -2.41. The SMILES string of the molecule is CCCCCCCC/C=C/CCCCCCCCCCCC(=O)OC[C@H](COP(=O)(O)OC1C(O)C(O)C(O)[C@@H](O)C1O)OC(=O)CCC/C=C/C/C=C/C/C=C/C/C=C/CCCCCCCCC. The zero-order valence-electron chi connectivity index (χ0n) is 42.8. The molecule has 1 rings (SSSR count). The van der Waals surface area contributed by atoms with Crippen LogP contribution in [0.2, 0.25) is 0 Å². The first-order valence-electron chi connectivity index (χ1n) is 27.1. The molecule has 0 aromatic carbocycles. The second kappa shape index (κ2) is 44.3. The summed E-state index contributed by atoms with van der Waals surface area (Å²) < 4.78 is 33.6. The summed E-state index contributed by atoms with van der Waals surface area (Å²) in [7, 11) is -5.14. The Kier molecular flexibility index (Phi) is 41.4. The van der Waals surface area contributed by atoms with Crippen LogP contribution in [-0.4, -0.2) is 98.3 Å². The van der Waals surface area contributed by atoms with Crippen molar-refractivity contribution in [1.29, 1.82) is 0 Å². The molecule has 1 fully saturated rings. The molecule has 0 aromatic rings. The van der Waals surface area contributed by atoms with Gasteiger partial charge in [0.25, 0.3) is 0 Å². The van der Waals surface area contributed by atoms with Crippen molar-refractivity contribution in [2.45, 2.75) is 262 Å². The number of aliphatic hydroxyl groups is 5. The molecule has 8 atom stereocenters. The minimum Gasteiger partial charge on any atom is -0.462 e. The third kappa shape index (κ3) is 36.2. The van der Waals surface area contributed by atoms with E-state index in [-0.39, 0.29) is 12.8 Å². The molecule has 400 valence electrons. The molecule has 6 unspecified atom stereocenters. The van der Waals surface area contributed by atoms with Gasteiger partial charge in [0.2, 0.25) is 0 Å². The molecule has 1 aliphatic rings. The number of ether oxygens (including phenoxy) is 2. The summed E-state index contributed by atoms with van der Waals surface area (Å²) in [4.78, 5) is 35.9. The van der Waals surface area contributed by atoms with E-state index in [1.165, 1.54) is 116 Å². The van der Waals surface area contributed by atoms with E-state index >= 15 is 0 Å². The highest BCUT2D eigenvalue weighted by Crippen LogP contribution is 2.47. The molecule has 0 bridgehead atoms. The zero-order chi connectivity index (χ0) is 50.6. The van der Waals surface area contributed by atoms with Gasteiger partial charge in [0, 0.05) is 12.8 Å². The topological polar surface area (TPSA) is 210 Å². The van der Waals surface area contributed by atoms with E-state index in [0.717, 1.165) is 57.8 Å². The zero-order valence-corrected chi connectivity index (χ0v) is 43.7. The number of phosphoric ester groups is 1. The van der Waals surface area contributed by atoms with Crippen LogP contribution in [0.3, 0.4) is 0 Å². The number of phosphoric acid groups is 1. The lowest BCUT2D eigenvalue weighted by molar-refractivity contribution is -0.220. The van der Waals surface area contributed by atoms with Gasteiger partial charge < -0.3 is 39.9 Å². The number of hydrogen-bond acceptors (Lipinski definition) is 12. The maximum atomic E-state index is 12.9. The smallest absolute Gasteiger partial charge is 0.462 e. The summed E-state index contributed by atoms with van der Waals surface area (Å²) in [6.45, 7) is 3.27. The predicted octanol–water partition coefficient (Wildman–Crippen LogP) is 12.1. The van der Waals surface area contributed by atoms with Gasteiger partial charge >= 0.3 is 19.8 Å². The molecule has 0 amide bonds. The van der Waals surface area contributed by atoms with Crippen molar-refractivity contribution in [2.24, 2.45) is 0 Å². The number of allylic oxidation sites excluding steroid dienone is 10. The molecular weight excluding hydrogens is 900 g/mol. The second-order valence-corrected chi connectivity index (χ2v) is 20.1. The average Bonchev–Trinajstić information content (AvgIpc) is 3.33. The molecular formula is C55H97O13P. The lowest BCUT2D eigenvalue weighted by Crippen LogP contribution is -2.64. The van der Waals surface area contributed by atoms with Crippen LogP contribution >= 0.6 is 7.82 Å². The second-order valence-electron chi connectivity index (χ2n) is 18.7. The lowest BCUT2D eigenvalue weighted by atomic mass is 9.85. The molecule has 0 heterocycles. The largest absolute Gasteiger partial charge is 0.472 e. The highest BCUT2D eigenvalue weighted by molar-refractivity contribution is 7.47. The Bertz CT molecular complexity index is 1430.